The van der Waals surface area contributed by atoms with Crippen molar-refractivity contribution in [2.75, 3.05) is 0 Å². The predicted molar refractivity (Wildman–Crippen MR) is 64.7 cm³/mol. The molecule has 0 aromatic heterocycles. The molecule has 2 fully saturated rings. The van der Waals surface area contributed by atoms with Crippen LogP contribution in [0.5, 0.6) is 0 Å². The molecule has 84 valence electrons. The van der Waals surface area contributed by atoms with Crippen LogP contribution in [-0.4, -0.2) is 12.1 Å². The van der Waals surface area contributed by atoms with E-state index in [0.29, 0.717) is 18.0 Å². The molecule has 0 N–H and O–H groups in total. The number of hydrogen-bond donors (Lipinski definition) is 0. The Balaban J connectivity index is 1.65. The molecule has 7 atom stereocenters. The maximum Gasteiger partial charge on any atom is 0.0941 e. The Labute approximate surface area is 100 Å². The summed E-state index contributed by atoms with van der Waals surface area (Å²) in [7, 11) is 0. The first kappa shape index (κ1) is 8.62. The van der Waals surface area contributed by atoms with Gasteiger partial charge in [-0.2, -0.15) is 10.2 Å². The Morgan fingerprint density at radius 2 is 1.71 bits per heavy atom. The fraction of sp³-hybridized carbons (Fsp3) is 0.467. The summed E-state index contributed by atoms with van der Waals surface area (Å²) in [6.45, 7) is 0. The summed E-state index contributed by atoms with van der Waals surface area (Å²) in [5, 5.41) is 9.06. The standard InChI is InChI=1S/C15H14N2/c1-2-4-8(5-3-1)11-12-9-6-7-10-14(13(9)12)15(11)17-16-10/h1-7,9-15H. The number of benzene rings is 1. The van der Waals surface area contributed by atoms with E-state index in [-0.39, 0.29) is 0 Å². The van der Waals surface area contributed by atoms with E-state index >= 15 is 0 Å². The van der Waals surface area contributed by atoms with Crippen LogP contribution in [0, 0.1) is 23.7 Å². The van der Waals surface area contributed by atoms with Gasteiger partial charge in [0.1, 0.15) is 0 Å². The molecule has 4 aliphatic rings. The molecule has 0 bridgehead atoms. The molecule has 0 radical (unpaired) electrons. The third-order valence-corrected chi connectivity index (χ3v) is 5.26. The highest BCUT2D eigenvalue weighted by molar-refractivity contribution is 5.38. The molecule has 2 saturated carbocycles. The van der Waals surface area contributed by atoms with Gasteiger partial charge in [0, 0.05) is 11.8 Å². The van der Waals surface area contributed by atoms with Crippen molar-refractivity contribution >= 4 is 0 Å². The molecule has 3 aliphatic carbocycles. The van der Waals surface area contributed by atoms with E-state index in [1.54, 1.807) is 0 Å². The molecular formula is C15H14N2. The van der Waals surface area contributed by atoms with E-state index < -0.39 is 0 Å². The molecule has 0 amide bonds. The molecule has 0 saturated heterocycles. The molecule has 1 aliphatic heterocycles. The van der Waals surface area contributed by atoms with Gasteiger partial charge in [-0.1, -0.05) is 42.5 Å². The van der Waals surface area contributed by atoms with Crippen LogP contribution in [0.1, 0.15) is 11.5 Å². The second-order valence-corrected chi connectivity index (χ2v) is 5.84. The van der Waals surface area contributed by atoms with Gasteiger partial charge in [-0.25, -0.2) is 0 Å². The van der Waals surface area contributed by atoms with Crippen LogP contribution in [0.2, 0.25) is 0 Å². The van der Waals surface area contributed by atoms with Crippen molar-refractivity contribution in [3.05, 3.63) is 48.0 Å². The van der Waals surface area contributed by atoms with E-state index in [4.69, 9.17) is 0 Å². The topological polar surface area (TPSA) is 24.7 Å². The van der Waals surface area contributed by atoms with E-state index in [0.717, 1.165) is 23.7 Å². The van der Waals surface area contributed by atoms with Crippen molar-refractivity contribution < 1.29 is 0 Å². The summed E-state index contributed by atoms with van der Waals surface area (Å²) in [6, 6.07) is 11.8. The number of fused-ring (bicyclic) bond motifs is 1. The maximum absolute atomic E-state index is 4.59. The van der Waals surface area contributed by atoms with Gasteiger partial charge in [0.05, 0.1) is 12.1 Å². The zero-order chi connectivity index (χ0) is 11.0. The van der Waals surface area contributed by atoms with Crippen LogP contribution in [0.15, 0.2) is 52.7 Å². The molecule has 2 nitrogen and oxygen atoms in total. The molecule has 17 heavy (non-hydrogen) atoms. The van der Waals surface area contributed by atoms with Crippen molar-refractivity contribution in [1.29, 1.82) is 0 Å². The zero-order valence-electron chi connectivity index (χ0n) is 9.48. The Hall–Kier alpha value is -1.44. The first-order valence-corrected chi connectivity index (χ1v) is 6.58. The summed E-state index contributed by atoms with van der Waals surface area (Å²) in [5.74, 6) is 3.93. The molecule has 1 aromatic carbocycles. The molecule has 0 spiro atoms. The van der Waals surface area contributed by atoms with Crippen molar-refractivity contribution in [3.63, 3.8) is 0 Å². The summed E-state index contributed by atoms with van der Waals surface area (Å²) in [5.41, 5.74) is 1.48. The summed E-state index contributed by atoms with van der Waals surface area (Å²) >= 11 is 0. The van der Waals surface area contributed by atoms with Crippen LogP contribution < -0.4 is 0 Å². The van der Waals surface area contributed by atoms with Gasteiger partial charge >= 0.3 is 0 Å². The number of azo groups is 1. The van der Waals surface area contributed by atoms with Crippen LogP contribution >= 0.6 is 0 Å². The van der Waals surface area contributed by atoms with Gasteiger partial charge < -0.3 is 0 Å². The third kappa shape index (κ3) is 0.899. The second-order valence-electron chi connectivity index (χ2n) is 5.84. The van der Waals surface area contributed by atoms with Crippen LogP contribution in [0.25, 0.3) is 0 Å². The van der Waals surface area contributed by atoms with Crippen LogP contribution in [0.3, 0.4) is 0 Å². The first-order chi connectivity index (χ1) is 8.45. The quantitative estimate of drug-likeness (QED) is 0.652. The van der Waals surface area contributed by atoms with Gasteiger partial charge in [-0.15, -0.1) is 0 Å². The average molecular weight is 222 g/mol. The maximum atomic E-state index is 4.59. The highest BCUT2D eigenvalue weighted by atomic mass is 15.2. The summed E-state index contributed by atoms with van der Waals surface area (Å²) < 4.78 is 0. The predicted octanol–water partition coefficient (Wildman–Crippen LogP) is 3.04. The van der Waals surface area contributed by atoms with E-state index in [1.165, 1.54) is 5.56 Å². The molecule has 2 heteroatoms. The minimum Gasteiger partial charge on any atom is -0.189 e. The average Bonchev–Trinajstić information content (AvgIpc) is 2.80. The van der Waals surface area contributed by atoms with Gasteiger partial charge in [0.15, 0.2) is 0 Å². The lowest BCUT2D eigenvalue weighted by atomic mass is 9.79. The fourth-order valence-corrected chi connectivity index (χ4v) is 4.64. The van der Waals surface area contributed by atoms with E-state index in [1.807, 2.05) is 0 Å². The molecule has 5 rings (SSSR count). The Morgan fingerprint density at radius 3 is 2.59 bits per heavy atom. The second kappa shape index (κ2) is 2.69. The lowest BCUT2D eigenvalue weighted by molar-refractivity contribution is 0.383. The smallest absolute Gasteiger partial charge is 0.0941 e. The SMILES string of the molecule is C1=CC2C3C(c4ccccc4)C4N=NC1C4C23. The minimum absolute atomic E-state index is 0.403. The van der Waals surface area contributed by atoms with Crippen molar-refractivity contribution in [2.45, 2.75) is 18.0 Å². The number of nitrogens with zero attached hydrogens (tertiary/aromatic N) is 2. The first-order valence-electron chi connectivity index (χ1n) is 6.58. The summed E-state index contributed by atoms with van der Waals surface area (Å²) in [6.07, 6.45) is 4.71. The van der Waals surface area contributed by atoms with Crippen molar-refractivity contribution in [1.82, 2.24) is 0 Å². The Kier molecular flexibility index (Phi) is 1.36. The summed E-state index contributed by atoms with van der Waals surface area (Å²) in [4.78, 5) is 0. The van der Waals surface area contributed by atoms with E-state index in [9.17, 15) is 0 Å². The molecular weight excluding hydrogens is 208 g/mol. The highest BCUT2D eigenvalue weighted by Crippen LogP contribution is 2.71. The van der Waals surface area contributed by atoms with Crippen molar-refractivity contribution in [3.8, 4) is 0 Å². The largest absolute Gasteiger partial charge is 0.189 e. The molecule has 7 unspecified atom stereocenters. The fourth-order valence-electron chi connectivity index (χ4n) is 4.64. The lowest BCUT2D eigenvalue weighted by Crippen LogP contribution is -2.28. The van der Waals surface area contributed by atoms with Crippen molar-refractivity contribution in [2.24, 2.45) is 33.9 Å². The number of rotatable bonds is 1. The normalized spacial score (nSPS) is 51.6. The van der Waals surface area contributed by atoms with Gasteiger partial charge in [0.25, 0.3) is 0 Å². The van der Waals surface area contributed by atoms with Gasteiger partial charge in [0.2, 0.25) is 0 Å². The monoisotopic (exact) mass is 222 g/mol. The molecule has 1 aromatic rings. The van der Waals surface area contributed by atoms with E-state index in [2.05, 4.69) is 52.7 Å². The van der Waals surface area contributed by atoms with Gasteiger partial charge in [-0.05, 0) is 23.3 Å². The molecule has 1 heterocycles. The number of hydrogen-bond acceptors (Lipinski definition) is 2. The van der Waals surface area contributed by atoms with Gasteiger partial charge in [-0.3, -0.25) is 0 Å². The highest BCUT2D eigenvalue weighted by Gasteiger charge is 2.70. The Morgan fingerprint density at radius 1 is 0.824 bits per heavy atom. The lowest BCUT2D eigenvalue weighted by Gasteiger charge is -2.25. The Bertz CT molecular complexity index is 533. The van der Waals surface area contributed by atoms with Crippen LogP contribution in [0.4, 0.5) is 0 Å². The van der Waals surface area contributed by atoms with Crippen LogP contribution in [-0.2, 0) is 0 Å². The zero-order valence-corrected chi connectivity index (χ0v) is 9.48. The third-order valence-electron chi connectivity index (χ3n) is 5.26. The minimum atomic E-state index is 0.403. The number of allylic oxidation sites excluding steroid dienone is 1.